The molecule has 1 rings (SSSR count). The molecule has 0 aliphatic carbocycles. The van der Waals surface area contributed by atoms with Gasteiger partial charge in [-0.3, -0.25) is 4.90 Å². The van der Waals surface area contributed by atoms with Crippen LogP contribution in [-0.4, -0.2) is 18.0 Å². The van der Waals surface area contributed by atoms with E-state index in [0.717, 1.165) is 24.2 Å². The van der Waals surface area contributed by atoms with E-state index in [1.807, 2.05) is 43.1 Å². The third-order valence-corrected chi connectivity index (χ3v) is 2.54. The van der Waals surface area contributed by atoms with Crippen molar-refractivity contribution in [3.63, 3.8) is 0 Å². The summed E-state index contributed by atoms with van der Waals surface area (Å²) in [5.74, 6) is 0. The number of benzene rings is 1. The molecular formula is C12H17N3. The van der Waals surface area contributed by atoms with Gasteiger partial charge in [0.05, 0.1) is 12.1 Å². The summed E-state index contributed by atoms with van der Waals surface area (Å²) < 4.78 is 0. The van der Waals surface area contributed by atoms with Gasteiger partial charge in [0.1, 0.15) is 0 Å². The third kappa shape index (κ3) is 2.97. The second-order valence-electron chi connectivity index (χ2n) is 3.67. The fourth-order valence-electron chi connectivity index (χ4n) is 1.56. The van der Waals surface area contributed by atoms with Gasteiger partial charge in [0.2, 0.25) is 0 Å². The fraction of sp³-hybridized carbons (Fsp3) is 0.417. The highest BCUT2D eigenvalue weighted by Gasteiger charge is 2.12. The minimum Gasteiger partial charge on any atom is -0.398 e. The molecular weight excluding hydrogens is 186 g/mol. The third-order valence-electron chi connectivity index (χ3n) is 2.54. The Hall–Kier alpha value is -1.53. The van der Waals surface area contributed by atoms with E-state index in [1.54, 1.807) is 0 Å². The van der Waals surface area contributed by atoms with Crippen molar-refractivity contribution in [3.05, 3.63) is 29.8 Å². The average Bonchev–Trinajstić information content (AvgIpc) is 2.23. The monoisotopic (exact) mass is 203 g/mol. The molecule has 0 aromatic heterocycles. The van der Waals surface area contributed by atoms with Crippen LogP contribution in [0.2, 0.25) is 0 Å². The summed E-state index contributed by atoms with van der Waals surface area (Å²) in [5, 5.41) is 8.92. The molecule has 1 atom stereocenters. The van der Waals surface area contributed by atoms with Gasteiger partial charge in [0.15, 0.2) is 0 Å². The number of anilines is 1. The van der Waals surface area contributed by atoms with Crippen LogP contribution in [0.1, 0.15) is 18.9 Å². The van der Waals surface area contributed by atoms with Crippen molar-refractivity contribution in [1.29, 1.82) is 5.26 Å². The molecule has 15 heavy (non-hydrogen) atoms. The minimum atomic E-state index is -0.0374. The standard InChI is InChI=1S/C12H17N3/c1-3-11(8-13)15(2)9-10-6-4-5-7-12(10)14/h4-7,11H,3,9,14H2,1-2H3. The van der Waals surface area contributed by atoms with Crippen molar-refractivity contribution in [2.75, 3.05) is 12.8 Å². The Morgan fingerprint density at radius 2 is 2.13 bits per heavy atom. The van der Waals surface area contributed by atoms with Gasteiger partial charge in [-0.05, 0) is 25.1 Å². The van der Waals surface area contributed by atoms with Crippen LogP contribution in [0.5, 0.6) is 0 Å². The Bertz CT molecular complexity index is 354. The predicted molar refractivity (Wildman–Crippen MR) is 62.0 cm³/mol. The highest BCUT2D eigenvalue weighted by molar-refractivity contribution is 5.46. The van der Waals surface area contributed by atoms with Crippen molar-refractivity contribution >= 4 is 5.69 Å². The van der Waals surface area contributed by atoms with E-state index in [-0.39, 0.29) is 6.04 Å². The van der Waals surface area contributed by atoms with Gasteiger partial charge in [0.25, 0.3) is 0 Å². The molecule has 0 heterocycles. The molecule has 1 unspecified atom stereocenters. The summed E-state index contributed by atoms with van der Waals surface area (Å²) in [7, 11) is 1.95. The maximum atomic E-state index is 8.92. The van der Waals surface area contributed by atoms with Crippen LogP contribution in [-0.2, 0) is 6.54 Å². The number of nitrogens with zero attached hydrogens (tertiary/aromatic N) is 2. The van der Waals surface area contributed by atoms with Crippen molar-refractivity contribution in [1.82, 2.24) is 4.90 Å². The maximum Gasteiger partial charge on any atom is 0.0975 e. The lowest BCUT2D eigenvalue weighted by Gasteiger charge is -2.21. The molecule has 0 spiro atoms. The van der Waals surface area contributed by atoms with E-state index in [4.69, 9.17) is 11.0 Å². The molecule has 0 bridgehead atoms. The molecule has 0 aliphatic rings. The molecule has 80 valence electrons. The minimum absolute atomic E-state index is 0.0374. The molecule has 0 amide bonds. The SMILES string of the molecule is CCC(C#N)N(C)Cc1ccccc1N. The summed E-state index contributed by atoms with van der Waals surface area (Å²) in [6, 6.07) is 10.0. The Morgan fingerprint density at radius 1 is 1.47 bits per heavy atom. The normalized spacial score (nSPS) is 12.4. The van der Waals surface area contributed by atoms with Crippen molar-refractivity contribution in [2.45, 2.75) is 25.9 Å². The van der Waals surface area contributed by atoms with Gasteiger partial charge in [-0.15, -0.1) is 0 Å². The Kier molecular flexibility index (Phi) is 4.14. The summed E-state index contributed by atoms with van der Waals surface area (Å²) in [4.78, 5) is 2.02. The largest absolute Gasteiger partial charge is 0.398 e. The lowest BCUT2D eigenvalue weighted by molar-refractivity contribution is 0.274. The van der Waals surface area contributed by atoms with Crippen molar-refractivity contribution < 1.29 is 0 Å². The zero-order valence-corrected chi connectivity index (χ0v) is 9.27. The summed E-state index contributed by atoms with van der Waals surface area (Å²) in [6.07, 6.45) is 0.833. The van der Waals surface area contributed by atoms with Gasteiger partial charge >= 0.3 is 0 Å². The van der Waals surface area contributed by atoms with E-state index < -0.39 is 0 Å². The van der Waals surface area contributed by atoms with Gasteiger partial charge in [-0.1, -0.05) is 25.1 Å². The number of hydrogen-bond donors (Lipinski definition) is 1. The Balaban J connectivity index is 2.70. The second-order valence-corrected chi connectivity index (χ2v) is 3.67. The van der Waals surface area contributed by atoms with Gasteiger partial charge < -0.3 is 5.73 Å². The molecule has 0 saturated heterocycles. The Morgan fingerprint density at radius 3 is 2.67 bits per heavy atom. The number of nitrogen functional groups attached to an aromatic ring is 1. The van der Waals surface area contributed by atoms with Gasteiger partial charge in [0, 0.05) is 12.2 Å². The van der Waals surface area contributed by atoms with Crippen molar-refractivity contribution in [3.8, 4) is 6.07 Å². The first-order valence-corrected chi connectivity index (χ1v) is 5.12. The lowest BCUT2D eigenvalue weighted by Crippen LogP contribution is -2.29. The van der Waals surface area contributed by atoms with E-state index in [9.17, 15) is 0 Å². The first kappa shape index (κ1) is 11.5. The predicted octanol–water partition coefficient (Wildman–Crippen LogP) is 2.00. The van der Waals surface area contributed by atoms with E-state index in [0.29, 0.717) is 0 Å². The molecule has 0 radical (unpaired) electrons. The highest BCUT2D eigenvalue weighted by atomic mass is 15.1. The number of para-hydroxylation sites is 1. The summed E-state index contributed by atoms with van der Waals surface area (Å²) in [6.45, 7) is 2.73. The molecule has 0 aliphatic heterocycles. The van der Waals surface area contributed by atoms with E-state index in [2.05, 4.69) is 6.07 Å². The summed E-state index contributed by atoms with van der Waals surface area (Å²) >= 11 is 0. The van der Waals surface area contributed by atoms with Crippen LogP contribution < -0.4 is 5.73 Å². The lowest BCUT2D eigenvalue weighted by atomic mass is 10.1. The molecule has 3 heteroatoms. The van der Waals surface area contributed by atoms with Crippen LogP contribution in [0.3, 0.4) is 0 Å². The number of nitrogens with two attached hydrogens (primary N) is 1. The smallest absolute Gasteiger partial charge is 0.0975 e. The molecule has 0 fully saturated rings. The Labute approximate surface area is 91.1 Å². The zero-order valence-electron chi connectivity index (χ0n) is 9.27. The van der Waals surface area contributed by atoms with Crippen LogP contribution in [0.15, 0.2) is 24.3 Å². The molecule has 3 nitrogen and oxygen atoms in total. The number of hydrogen-bond acceptors (Lipinski definition) is 3. The molecule has 2 N–H and O–H groups in total. The number of rotatable bonds is 4. The van der Waals surface area contributed by atoms with Crippen LogP contribution in [0.4, 0.5) is 5.69 Å². The maximum absolute atomic E-state index is 8.92. The first-order chi connectivity index (χ1) is 7.19. The highest BCUT2D eigenvalue weighted by Crippen LogP contribution is 2.14. The van der Waals surface area contributed by atoms with Gasteiger partial charge in [-0.2, -0.15) is 5.26 Å². The molecule has 1 aromatic carbocycles. The summed E-state index contributed by atoms with van der Waals surface area (Å²) in [5.41, 5.74) is 7.71. The van der Waals surface area contributed by atoms with Crippen molar-refractivity contribution in [2.24, 2.45) is 0 Å². The van der Waals surface area contributed by atoms with Gasteiger partial charge in [-0.25, -0.2) is 0 Å². The number of nitriles is 1. The fourth-order valence-corrected chi connectivity index (χ4v) is 1.56. The average molecular weight is 203 g/mol. The van der Waals surface area contributed by atoms with E-state index >= 15 is 0 Å². The van der Waals surface area contributed by atoms with Crippen LogP contribution in [0, 0.1) is 11.3 Å². The van der Waals surface area contributed by atoms with Crippen LogP contribution in [0.25, 0.3) is 0 Å². The second kappa shape index (κ2) is 5.38. The first-order valence-electron chi connectivity index (χ1n) is 5.12. The quantitative estimate of drug-likeness (QED) is 0.761. The zero-order chi connectivity index (χ0) is 11.3. The van der Waals surface area contributed by atoms with Crippen LogP contribution >= 0.6 is 0 Å². The molecule has 1 aromatic rings. The van der Waals surface area contributed by atoms with E-state index in [1.165, 1.54) is 0 Å². The topological polar surface area (TPSA) is 53.0 Å². The molecule has 0 saturated carbocycles.